The summed E-state index contributed by atoms with van der Waals surface area (Å²) in [5.74, 6) is 0.101. The summed E-state index contributed by atoms with van der Waals surface area (Å²) in [7, 11) is 1.64. The Morgan fingerprint density at radius 1 is 1.29 bits per heavy atom. The van der Waals surface area contributed by atoms with Crippen LogP contribution in [-0.4, -0.2) is 35.9 Å². The first-order chi connectivity index (χ1) is 11.6. The lowest BCUT2D eigenvalue weighted by Crippen LogP contribution is -2.30. The molecule has 1 amide bonds. The summed E-state index contributed by atoms with van der Waals surface area (Å²) in [4.78, 5) is 20.8. The second kappa shape index (κ2) is 7.18. The number of anilines is 1. The van der Waals surface area contributed by atoms with Gasteiger partial charge in [0.25, 0.3) is 5.91 Å². The Balaban J connectivity index is 1.84. The molecule has 0 saturated carbocycles. The largest absolute Gasteiger partial charge is 0.356 e. The molecule has 0 N–H and O–H groups in total. The summed E-state index contributed by atoms with van der Waals surface area (Å²) >= 11 is 6.06. The van der Waals surface area contributed by atoms with Gasteiger partial charge in [-0.3, -0.25) is 4.79 Å². The number of carbonyl (C=O) groups excluding carboxylic acids is 1. The van der Waals surface area contributed by atoms with Crippen LogP contribution in [0.4, 0.5) is 10.2 Å². The van der Waals surface area contributed by atoms with E-state index in [-0.39, 0.29) is 12.5 Å². The van der Waals surface area contributed by atoms with Gasteiger partial charge in [0.2, 0.25) is 0 Å². The lowest BCUT2D eigenvalue weighted by molar-refractivity contribution is 0.0784. The van der Waals surface area contributed by atoms with Gasteiger partial charge in [0.15, 0.2) is 0 Å². The molecule has 0 spiro atoms. The molecule has 0 aliphatic carbocycles. The maximum atomic E-state index is 14.0. The third kappa shape index (κ3) is 3.36. The third-order valence-electron chi connectivity index (χ3n) is 4.23. The van der Waals surface area contributed by atoms with Gasteiger partial charge in [-0.1, -0.05) is 17.7 Å². The Morgan fingerprint density at radius 2 is 2.04 bits per heavy atom. The van der Waals surface area contributed by atoms with Crippen LogP contribution in [0.25, 0.3) is 0 Å². The molecule has 1 aromatic carbocycles. The Morgan fingerprint density at radius 3 is 2.75 bits per heavy atom. The number of benzene rings is 1. The van der Waals surface area contributed by atoms with Crippen LogP contribution in [0.15, 0.2) is 36.5 Å². The standard InChI is InChI=1S/C18H19ClFN3O/c1-22(12-14-15(19)7-4-8-16(14)20)18(24)13-6-5-9-21-17(13)23-10-2-3-11-23/h4-9H,2-3,10-12H2,1H3. The van der Waals surface area contributed by atoms with Gasteiger partial charge in [-0.05, 0) is 37.1 Å². The highest BCUT2D eigenvalue weighted by Gasteiger charge is 2.23. The number of nitrogens with zero attached hydrogens (tertiary/aromatic N) is 3. The molecular weight excluding hydrogens is 329 g/mol. The molecule has 0 bridgehead atoms. The molecule has 126 valence electrons. The highest BCUT2D eigenvalue weighted by atomic mass is 35.5. The topological polar surface area (TPSA) is 36.4 Å². The van der Waals surface area contributed by atoms with Gasteiger partial charge in [0.05, 0.1) is 5.56 Å². The van der Waals surface area contributed by atoms with Crippen LogP contribution in [0.3, 0.4) is 0 Å². The predicted octanol–water partition coefficient (Wildman–Crippen LogP) is 3.75. The van der Waals surface area contributed by atoms with Crippen LogP contribution in [0.1, 0.15) is 28.8 Å². The number of halogens is 2. The molecular formula is C18H19ClFN3O. The Hall–Kier alpha value is -2.14. The van der Waals surface area contributed by atoms with E-state index >= 15 is 0 Å². The number of hydrogen-bond acceptors (Lipinski definition) is 3. The van der Waals surface area contributed by atoms with Crippen LogP contribution in [0, 0.1) is 5.82 Å². The first-order valence-electron chi connectivity index (χ1n) is 7.96. The molecule has 0 radical (unpaired) electrons. The Bertz CT molecular complexity index is 727. The maximum Gasteiger partial charge on any atom is 0.257 e. The van der Waals surface area contributed by atoms with Crippen molar-refractivity contribution in [2.24, 2.45) is 0 Å². The van der Waals surface area contributed by atoms with Crippen molar-refractivity contribution in [1.29, 1.82) is 0 Å². The van der Waals surface area contributed by atoms with Crippen LogP contribution < -0.4 is 4.90 Å². The number of rotatable bonds is 4. The molecule has 0 atom stereocenters. The van der Waals surface area contributed by atoms with Gasteiger partial charge in [-0.25, -0.2) is 9.37 Å². The minimum Gasteiger partial charge on any atom is -0.356 e. The van der Waals surface area contributed by atoms with Crippen molar-refractivity contribution in [3.8, 4) is 0 Å². The number of amides is 1. The quantitative estimate of drug-likeness (QED) is 0.845. The minimum absolute atomic E-state index is 0.110. The van der Waals surface area contributed by atoms with E-state index in [4.69, 9.17) is 11.6 Å². The lowest BCUT2D eigenvalue weighted by atomic mass is 10.1. The highest BCUT2D eigenvalue weighted by molar-refractivity contribution is 6.31. The summed E-state index contributed by atoms with van der Waals surface area (Å²) < 4.78 is 14.0. The molecule has 1 aliphatic rings. The summed E-state index contributed by atoms with van der Waals surface area (Å²) in [6.07, 6.45) is 3.90. The molecule has 2 heterocycles. The van der Waals surface area contributed by atoms with Gasteiger partial charge < -0.3 is 9.80 Å². The van der Waals surface area contributed by atoms with Crippen LogP contribution >= 0.6 is 11.6 Å². The average Bonchev–Trinajstić information content (AvgIpc) is 3.12. The summed E-state index contributed by atoms with van der Waals surface area (Å²) in [6, 6.07) is 8.03. The second-order valence-electron chi connectivity index (χ2n) is 5.93. The fraction of sp³-hybridized carbons (Fsp3) is 0.333. The highest BCUT2D eigenvalue weighted by Crippen LogP contribution is 2.25. The van der Waals surface area contributed by atoms with Gasteiger partial charge in [-0.15, -0.1) is 0 Å². The van der Waals surface area contributed by atoms with Crippen LogP contribution in [0.5, 0.6) is 0 Å². The monoisotopic (exact) mass is 347 g/mol. The van der Waals surface area contributed by atoms with Crippen LogP contribution in [0.2, 0.25) is 5.02 Å². The smallest absolute Gasteiger partial charge is 0.257 e. The molecule has 0 unspecified atom stereocenters. The van der Waals surface area contributed by atoms with Crippen molar-refractivity contribution in [3.05, 3.63) is 58.5 Å². The van der Waals surface area contributed by atoms with E-state index in [0.29, 0.717) is 22.0 Å². The van der Waals surface area contributed by atoms with Crippen molar-refractivity contribution < 1.29 is 9.18 Å². The first kappa shape index (κ1) is 16.7. The fourth-order valence-electron chi connectivity index (χ4n) is 2.94. The number of aromatic nitrogens is 1. The Labute approximate surface area is 145 Å². The summed E-state index contributed by atoms with van der Waals surface area (Å²) in [5, 5.41) is 0.320. The maximum absolute atomic E-state index is 14.0. The van der Waals surface area contributed by atoms with Crippen molar-refractivity contribution in [2.75, 3.05) is 25.0 Å². The zero-order chi connectivity index (χ0) is 17.1. The first-order valence-corrected chi connectivity index (χ1v) is 8.34. The molecule has 1 aliphatic heterocycles. The Kier molecular flexibility index (Phi) is 5.00. The normalized spacial score (nSPS) is 14.0. The number of hydrogen-bond donors (Lipinski definition) is 0. The van der Waals surface area contributed by atoms with Crippen molar-refractivity contribution in [1.82, 2.24) is 9.88 Å². The van der Waals surface area contributed by atoms with Crippen LogP contribution in [-0.2, 0) is 6.54 Å². The van der Waals surface area contributed by atoms with E-state index in [9.17, 15) is 9.18 Å². The van der Waals surface area contributed by atoms with Crippen molar-refractivity contribution >= 4 is 23.3 Å². The molecule has 1 aromatic heterocycles. The molecule has 24 heavy (non-hydrogen) atoms. The predicted molar refractivity (Wildman–Crippen MR) is 92.9 cm³/mol. The average molecular weight is 348 g/mol. The van der Waals surface area contributed by atoms with Gasteiger partial charge in [0, 0.05) is 43.5 Å². The van der Waals surface area contributed by atoms with Crippen molar-refractivity contribution in [2.45, 2.75) is 19.4 Å². The SMILES string of the molecule is CN(Cc1c(F)cccc1Cl)C(=O)c1cccnc1N1CCCC1. The molecule has 3 rings (SSSR count). The second-order valence-corrected chi connectivity index (χ2v) is 6.34. The molecule has 2 aromatic rings. The zero-order valence-electron chi connectivity index (χ0n) is 13.5. The van der Waals surface area contributed by atoms with E-state index in [1.54, 1.807) is 37.5 Å². The van der Waals surface area contributed by atoms with Crippen molar-refractivity contribution in [3.63, 3.8) is 0 Å². The van der Waals surface area contributed by atoms with E-state index in [0.717, 1.165) is 25.9 Å². The van der Waals surface area contributed by atoms with E-state index in [1.165, 1.54) is 11.0 Å². The van der Waals surface area contributed by atoms with Gasteiger partial charge in [0.1, 0.15) is 11.6 Å². The third-order valence-corrected chi connectivity index (χ3v) is 4.58. The van der Waals surface area contributed by atoms with E-state index < -0.39 is 5.82 Å². The number of carbonyl (C=O) groups is 1. The number of pyridine rings is 1. The van der Waals surface area contributed by atoms with Gasteiger partial charge in [-0.2, -0.15) is 0 Å². The summed E-state index contributed by atoms with van der Waals surface area (Å²) in [6.45, 7) is 1.92. The fourth-order valence-corrected chi connectivity index (χ4v) is 3.17. The zero-order valence-corrected chi connectivity index (χ0v) is 14.3. The minimum atomic E-state index is -0.409. The molecule has 1 saturated heterocycles. The van der Waals surface area contributed by atoms with E-state index in [1.807, 2.05) is 0 Å². The molecule has 6 heteroatoms. The lowest BCUT2D eigenvalue weighted by Gasteiger charge is -2.23. The van der Waals surface area contributed by atoms with E-state index in [2.05, 4.69) is 9.88 Å². The van der Waals surface area contributed by atoms with Gasteiger partial charge >= 0.3 is 0 Å². The molecule has 4 nitrogen and oxygen atoms in total. The summed E-state index contributed by atoms with van der Waals surface area (Å²) in [5.41, 5.74) is 0.857. The molecule has 1 fully saturated rings.